The lowest BCUT2D eigenvalue weighted by molar-refractivity contribution is 0.168. The third kappa shape index (κ3) is 5.64. The minimum atomic E-state index is -0.565. The summed E-state index contributed by atoms with van der Waals surface area (Å²) in [7, 11) is 0. The molecule has 1 heterocycles. The van der Waals surface area contributed by atoms with Crippen LogP contribution in [-0.4, -0.2) is 17.7 Å². The lowest BCUT2D eigenvalue weighted by Gasteiger charge is -2.21. The number of amides is 1. The van der Waals surface area contributed by atoms with E-state index in [4.69, 9.17) is 22.1 Å². The second kappa shape index (κ2) is 9.98. The van der Waals surface area contributed by atoms with Gasteiger partial charge >= 0.3 is 6.09 Å². The van der Waals surface area contributed by atoms with Crippen molar-refractivity contribution in [3.05, 3.63) is 82.4 Å². The van der Waals surface area contributed by atoms with Gasteiger partial charge in [-0.05, 0) is 55.2 Å². The molecule has 6 nitrogen and oxygen atoms in total. The van der Waals surface area contributed by atoms with Crippen molar-refractivity contribution < 1.29 is 9.53 Å². The number of nitrogens with one attached hydrogen (secondary N) is 2. The number of nitrogens with zero attached hydrogens (tertiary/aromatic N) is 1. The molecule has 3 aromatic rings. The van der Waals surface area contributed by atoms with Crippen LogP contribution in [0.15, 0.2) is 60.7 Å². The van der Waals surface area contributed by atoms with Gasteiger partial charge in [-0.2, -0.15) is 0 Å². The number of nitrogens with two attached hydrogens (primary N) is 1. The average Bonchev–Trinajstić information content (AvgIpc) is 2.73. The van der Waals surface area contributed by atoms with Gasteiger partial charge in [-0.1, -0.05) is 54.1 Å². The van der Waals surface area contributed by atoms with Gasteiger partial charge in [0.2, 0.25) is 0 Å². The molecule has 0 spiro atoms. The highest BCUT2D eigenvalue weighted by Gasteiger charge is 2.15. The van der Waals surface area contributed by atoms with Gasteiger partial charge in [0.15, 0.2) is 0 Å². The molecule has 0 aliphatic rings. The normalized spacial score (nSPS) is 11.6. The summed E-state index contributed by atoms with van der Waals surface area (Å²) in [5.74, 6) is 0.812. The minimum absolute atomic E-state index is 0.0410. The highest BCUT2D eigenvalue weighted by molar-refractivity contribution is 6.31. The molecule has 0 aliphatic carbocycles. The number of rotatable bonds is 7. The maximum absolute atomic E-state index is 11.6. The Labute approximate surface area is 181 Å². The summed E-state index contributed by atoms with van der Waals surface area (Å²) in [6.07, 6.45) is 0.152. The first-order chi connectivity index (χ1) is 14.5. The third-order valence-electron chi connectivity index (χ3n) is 4.64. The highest BCUT2D eigenvalue weighted by atomic mass is 35.5. The monoisotopic (exact) mass is 424 g/mol. The van der Waals surface area contributed by atoms with Crippen LogP contribution < -0.4 is 16.4 Å². The van der Waals surface area contributed by atoms with E-state index in [2.05, 4.69) is 33.8 Å². The molecular weight excluding hydrogens is 400 g/mol. The number of nitrogen functional groups attached to an aromatic ring is 1. The fourth-order valence-electron chi connectivity index (χ4n) is 3.05. The number of benzene rings is 2. The van der Waals surface area contributed by atoms with Crippen molar-refractivity contribution in [3.63, 3.8) is 0 Å². The van der Waals surface area contributed by atoms with Crippen molar-refractivity contribution in [1.29, 1.82) is 0 Å². The fourth-order valence-corrected chi connectivity index (χ4v) is 3.26. The molecule has 1 atom stereocenters. The maximum Gasteiger partial charge on any atom is 0.411 e. The van der Waals surface area contributed by atoms with Crippen LogP contribution in [0.4, 0.5) is 22.1 Å². The first kappa shape index (κ1) is 21.5. The topological polar surface area (TPSA) is 89.3 Å². The first-order valence-corrected chi connectivity index (χ1v) is 10.1. The van der Waals surface area contributed by atoms with Gasteiger partial charge in [-0.15, -0.1) is 0 Å². The van der Waals surface area contributed by atoms with E-state index in [0.29, 0.717) is 17.9 Å². The molecule has 0 radical (unpaired) electrons. The molecule has 0 bridgehead atoms. The number of aryl methyl sites for hydroxylation is 1. The maximum atomic E-state index is 11.6. The second-order valence-corrected chi connectivity index (χ2v) is 7.28. The molecule has 30 heavy (non-hydrogen) atoms. The van der Waals surface area contributed by atoms with Crippen molar-refractivity contribution in [3.8, 4) is 0 Å². The smallest absolute Gasteiger partial charge is 0.411 e. The fraction of sp³-hybridized carbons (Fsp3) is 0.217. The van der Waals surface area contributed by atoms with Crippen LogP contribution in [0.25, 0.3) is 0 Å². The van der Waals surface area contributed by atoms with Gasteiger partial charge in [0.05, 0.1) is 18.3 Å². The zero-order valence-corrected chi connectivity index (χ0v) is 17.7. The summed E-state index contributed by atoms with van der Waals surface area (Å²) in [5, 5.41) is 6.78. The summed E-state index contributed by atoms with van der Waals surface area (Å²) in [6, 6.07) is 19.6. The van der Waals surface area contributed by atoms with E-state index in [9.17, 15) is 4.79 Å². The SMILES string of the molecule is CCOC(=O)Nc1ccc(NC(Cc2ccc(C)c(Cl)c2)c2ccccc2)nc1N. The van der Waals surface area contributed by atoms with Crippen LogP contribution in [0.2, 0.25) is 5.02 Å². The number of anilines is 3. The predicted molar refractivity (Wildman–Crippen MR) is 122 cm³/mol. The largest absolute Gasteiger partial charge is 0.450 e. The van der Waals surface area contributed by atoms with Crippen molar-refractivity contribution in [2.75, 3.05) is 23.0 Å². The zero-order valence-electron chi connectivity index (χ0n) is 17.0. The van der Waals surface area contributed by atoms with Crippen LogP contribution in [-0.2, 0) is 11.2 Å². The molecule has 0 saturated carbocycles. The lowest BCUT2D eigenvalue weighted by atomic mass is 9.98. The van der Waals surface area contributed by atoms with Gasteiger partial charge in [0.1, 0.15) is 11.6 Å². The van der Waals surface area contributed by atoms with Gasteiger partial charge in [-0.3, -0.25) is 5.32 Å². The summed E-state index contributed by atoms with van der Waals surface area (Å²) in [6.45, 7) is 4.00. The number of ether oxygens (including phenoxy) is 1. The van der Waals surface area contributed by atoms with Crippen molar-refractivity contribution in [1.82, 2.24) is 4.98 Å². The Hall–Kier alpha value is -3.25. The number of hydrogen-bond acceptors (Lipinski definition) is 5. The molecule has 1 unspecified atom stereocenters. The second-order valence-electron chi connectivity index (χ2n) is 6.87. The average molecular weight is 425 g/mol. The molecule has 1 amide bonds. The van der Waals surface area contributed by atoms with E-state index < -0.39 is 6.09 Å². The molecular formula is C23H25ClN4O2. The molecule has 2 aromatic carbocycles. The van der Waals surface area contributed by atoms with E-state index in [0.717, 1.165) is 21.7 Å². The van der Waals surface area contributed by atoms with Gasteiger partial charge in [0.25, 0.3) is 0 Å². The quantitative estimate of drug-likeness (QED) is 0.460. The van der Waals surface area contributed by atoms with Crippen LogP contribution in [0, 0.1) is 6.92 Å². The molecule has 0 saturated heterocycles. The first-order valence-electron chi connectivity index (χ1n) is 9.73. The molecule has 1 aromatic heterocycles. The Balaban J connectivity index is 1.81. The molecule has 7 heteroatoms. The number of carbonyl (C=O) groups excluding carboxylic acids is 1. The Morgan fingerprint density at radius 2 is 1.93 bits per heavy atom. The zero-order chi connectivity index (χ0) is 21.5. The number of hydrogen-bond donors (Lipinski definition) is 3. The standard InChI is InChI=1S/C23H25ClN4O2/c1-3-30-23(29)27-19-11-12-21(28-22(19)25)26-20(17-7-5-4-6-8-17)14-16-10-9-15(2)18(24)13-16/h4-13,20H,3,14H2,1-2H3,(H,27,29)(H3,25,26,28). The predicted octanol–water partition coefficient (Wildman–Crippen LogP) is 5.59. The van der Waals surface area contributed by atoms with Crippen LogP contribution >= 0.6 is 11.6 Å². The summed E-state index contributed by atoms with van der Waals surface area (Å²) < 4.78 is 4.88. The lowest BCUT2D eigenvalue weighted by Crippen LogP contribution is -2.17. The van der Waals surface area contributed by atoms with Gasteiger partial charge < -0.3 is 15.8 Å². The number of pyridine rings is 1. The van der Waals surface area contributed by atoms with Crippen LogP contribution in [0.1, 0.15) is 29.7 Å². The van der Waals surface area contributed by atoms with Gasteiger partial charge in [0, 0.05) is 5.02 Å². The van der Waals surface area contributed by atoms with Crippen molar-refractivity contribution >= 4 is 35.0 Å². The molecule has 4 N–H and O–H groups in total. The number of aromatic nitrogens is 1. The van der Waals surface area contributed by atoms with Crippen molar-refractivity contribution in [2.45, 2.75) is 26.3 Å². The Bertz CT molecular complexity index is 1010. The summed E-state index contributed by atoms with van der Waals surface area (Å²) >= 11 is 6.31. The number of carbonyl (C=O) groups is 1. The Morgan fingerprint density at radius 3 is 2.60 bits per heavy atom. The van der Waals surface area contributed by atoms with E-state index in [-0.39, 0.29) is 18.5 Å². The van der Waals surface area contributed by atoms with Crippen LogP contribution in [0.3, 0.4) is 0 Å². The molecule has 0 fully saturated rings. The molecule has 0 aliphatic heterocycles. The molecule has 156 valence electrons. The Kier molecular flexibility index (Phi) is 7.14. The number of halogens is 1. The Morgan fingerprint density at radius 1 is 1.17 bits per heavy atom. The highest BCUT2D eigenvalue weighted by Crippen LogP contribution is 2.27. The van der Waals surface area contributed by atoms with E-state index in [1.54, 1.807) is 19.1 Å². The molecule has 3 rings (SSSR count). The summed E-state index contributed by atoms with van der Waals surface area (Å²) in [4.78, 5) is 16.0. The third-order valence-corrected chi connectivity index (χ3v) is 5.04. The minimum Gasteiger partial charge on any atom is -0.450 e. The van der Waals surface area contributed by atoms with Gasteiger partial charge in [-0.25, -0.2) is 9.78 Å². The van der Waals surface area contributed by atoms with Crippen molar-refractivity contribution in [2.24, 2.45) is 0 Å². The van der Waals surface area contributed by atoms with E-state index >= 15 is 0 Å². The van der Waals surface area contributed by atoms with E-state index in [1.165, 1.54) is 0 Å². The van der Waals surface area contributed by atoms with Crippen LogP contribution in [0.5, 0.6) is 0 Å². The summed E-state index contributed by atoms with van der Waals surface area (Å²) in [5.41, 5.74) is 9.70. The van der Waals surface area contributed by atoms with E-state index in [1.807, 2.05) is 37.3 Å².